The summed E-state index contributed by atoms with van der Waals surface area (Å²) in [6.07, 6.45) is 1.98. The topological polar surface area (TPSA) is 26.7 Å². The molecule has 25 heavy (non-hydrogen) atoms. The third kappa shape index (κ3) is 3.78. The van der Waals surface area contributed by atoms with Crippen LogP contribution in [0.25, 0.3) is 0 Å². The molecule has 1 aliphatic heterocycles. The van der Waals surface area contributed by atoms with Crippen molar-refractivity contribution in [1.82, 2.24) is 9.80 Å². The van der Waals surface area contributed by atoms with E-state index >= 15 is 0 Å². The Morgan fingerprint density at radius 3 is 2.40 bits per heavy atom. The predicted molar refractivity (Wildman–Crippen MR) is 104 cm³/mol. The van der Waals surface area contributed by atoms with Gasteiger partial charge in [-0.25, -0.2) is 0 Å². The number of hydrogen-bond acceptors (Lipinski definition) is 3. The Morgan fingerprint density at radius 1 is 1.04 bits per heavy atom. The molecule has 1 N–H and O–H groups in total. The Kier molecular flexibility index (Phi) is 5.57. The van der Waals surface area contributed by atoms with Crippen LogP contribution in [0.1, 0.15) is 31.0 Å². The molecule has 0 amide bonds. The maximum atomic E-state index is 10.5. The molecule has 0 aliphatic carbocycles. The van der Waals surface area contributed by atoms with Gasteiger partial charge in [-0.1, -0.05) is 54.6 Å². The van der Waals surface area contributed by atoms with Gasteiger partial charge in [-0.3, -0.25) is 9.80 Å². The smallest absolute Gasteiger partial charge is 0.120 e. The average Bonchev–Trinajstić information content (AvgIpc) is 2.62. The number of hydrogen-bond donors (Lipinski definition) is 1. The van der Waals surface area contributed by atoms with Crippen LogP contribution >= 0.6 is 0 Å². The Morgan fingerprint density at radius 2 is 1.72 bits per heavy atom. The molecular weight excluding hydrogens is 308 g/mol. The number of aromatic hydroxyl groups is 1. The van der Waals surface area contributed by atoms with E-state index in [9.17, 15) is 5.11 Å². The summed E-state index contributed by atoms with van der Waals surface area (Å²) in [4.78, 5) is 5.00. The standard InChI is InChI=1S/C22H28N2O/c1-4-14-23-15-18(3)24(16-17(23)2)22(19-10-6-5-7-11-19)20-12-8-9-13-21(20)25/h4-13,17-18,22,25H,1,14-16H2,2-3H3/t17-,18+,22-/m1/s1. The van der Waals surface area contributed by atoms with Gasteiger partial charge in [0.05, 0.1) is 6.04 Å². The molecule has 2 aromatic rings. The molecule has 1 fully saturated rings. The van der Waals surface area contributed by atoms with E-state index in [-0.39, 0.29) is 6.04 Å². The molecular formula is C22H28N2O. The van der Waals surface area contributed by atoms with Crippen LogP contribution in [0, 0.1) is 0 Å². The Balaban J connectivity index is 1.98. The summed E-state index contributed by atoms with van der Waals surface area (Å²) in [7, 11) is 0. The predicted octanol–water partition coefficient (Wildman–Crippen LogP) is 4.06. The Hall–Kier alpha value is -2.10. The molecule has 0 unspecified atom stereocenters. The van der Waals surface area contributed by atoms with E-state index in [4.69, 9.17) is 0 Å². The fraction of sp³-hybridized carbons (Fsp3) is 0.364. The second-order valence-corrected chi connectivity index (χ2v) is 7.01. The van der Waals surface area contributed by atoms with Gasteiger partial charge in [0.1, 0.15) is 5.75 Å². The summed E-state index contributed by atoms with van der Waals surface area (Å²) < 4.78 is 0. The van der Waals surface area contributed by atoms with Gasteiger partial charge in [-0.15, -0.1) is 6.58 Å². The lowest BCUT2D eigenvalue weighted by Crippen LogP contribution is -2.57. The summed E-state index contributed by atoms with van der Waals surface area (Å²) in [6.45, 7) is 11.3. The van der Waals surface area contributed by atoms with Gasteiger partial charge < -0.3 is 5.11 Å². The van der Waals surface area contributed by atoms with Crippen LogP contribution in [0.5, 0.6) is 5.75 Å². The van der Waals surface area contributed by atoms with Crippen LogP contribution < -0.4 is 0 Å². The molecule has 0 bridgehead atoms. The van der Waals surface area contributed by atoms with E-state index in [1.807, 2.05) is 30.3 Å². The third-order valence-corrected chi connectivity index (χ3v) is 5.21. The van der Waals surface area contributed by atoms with E-state index in [0.29, 0.717) is 17.8 Å². The van der Waals surface area contributed by atoms with Crippen LogP contribution in [-0.4, -0.2) is 46.6 Å². The number of benzene rings is 2. The van der Waals surface area contributed by atoms with E-state index in [1.54, 1.807) is 6.07 Å². The molecule has 3 atom stereocenters. The zero-order valence-electron chi connectivity index (χ0n) is 15.2. The molecule has 3 rings (SSSR count). The van der Waals surface area contributed by atoms with Crippen molar-refractivity contribution in [2.24, 2.45) is 0 Å². The van der Waals surface area contributed by atoms with Crippen molar-refractivity contribution < 1.29 is 5.11 Å². The zero-order chi connectivity index (χ0) is 17.8. The number of piperazine rings is 1. The summed E-state index contributed by atoms with van der Waals surface area (Å²) >= 11 is 0. The number of phenols is 1. The molecule has 132 valence electrons. The summed E-state index contributed by atoms with van der Waals surface area (Å²) in [5.41, 5.74) is 2.20. The van der Waals surface area contributed by atoms with E-state index < -0.39 is 0 Å². The first-order chi connectivity index (χ1) is 12.1. The van der Waals surface area contributed by atoms with Crippen LogP contribution in [0.2, 0.25) is 0 Å². The number of rotatable bonds is 5. The van der Waals surface area contributed by atoms with Crippen molar-refractivity contribution in [3.05, 3.63) is 78.4 Å². The minimum Gasteiger partial charge on any atom is -0.508 e. The SMILES string of the molecule is C=CCN1C[C@H](C)N([C@H](c2ccccc2)c2ccccc2O)C[C@H]1C. The molecule has 0 saturated carbocycles. The van der Waals surface area contributed by atoms with Gasteiger partial charge in [0.2, 0.25) is 0 Å². The highest BCUT2D eigenvalue weighted by Gasteiger charge is 2.35. The molecule has 1 saturated heterocycles. The fourth-order valence-corrected chi connectivity index (χ4v) is 3.91. The van der Waals surface area contributed by atoms with E-state index in [2.05, 4.69) is 54.5 Å². The van der Waals surface area contributed by atoms with Crippen LogP contribution in [0.15, 0.2) is 67.3 Å². The molecule has 3 nitrogen and oxygen atoms in total. The van der Waals surface area contributed by atoms with Crippen molar-refractivity contribution in [2.75, 3.05) is 19.6 Å². The largest absolute Gasteiger partial charge is 0.508 e. The first-order valence-corrected chi connectivity index (χ1v) is 9.05. The summed E-state index contributed by atoms with van der Waals surface area (Å²) in [6, 6.07) is 19.1. The maximum absolute atomic E-state index is 10.5. The van der Waals surface area contributed by atoms with Gasteiger partial charge in [-0.2, -0.15) is 0 Å². The normalized spacial score (nSPS) is 23.3. The molecule has 1 aliphatic rings. The number of phenolic OH excluding ortho intramolecular Hbond substituents is 1. The van der Waals surface area contributed by atoms with Crippen molar-refractivity contribution in [1.29, 1.82) is 0 Å². The fourth-order valence-electron chi connectivity index (χ4n) is 3.91. The molecule has 0 radical (unpaired) electrons. The number of para-hydroxylation sites is 1. The second kappa shape index (κ2) is 7.85. The maximum Gasteiger partial charge on any atom is 0.120 e. The minimum absolute atomic E-state index is 0.0609. The molecule has 1 heterocycles. The molecule has 3 heteroatoms. The van der Waals surface area contributed by atoms with Gasteiger partial charge >= 0.3 is 0 Å². The zero-order valence-corrected chi connectivity index (χ0v) is 15.2. The Bertz CT molecular complexity index is 700. The highest BCUT2D eigenvalue weighted by molar-refractivity contribution is 5.41. The molecule has 2 aromatic carbocycles. The van der Waals surface area contributed by atoms with Crippen LogP contribution in [0.4, 0.5) is 0 Å². The first kappa shape index (κ1) is 17.7. The van der Waals surface area contributed by atoms with Gasteiger partial charge in [0.15, 0.2) is 0 Å². The van der Waals surface area contributed by atoms with Crippen molar-refractivity contribution in [3.8, 4) is 5.75 Å². The van der Waals surface area contributed by atoms with Crippen LogP contribution in [-0.2, 0) is 0 Å². The second-order valence-electron chi connectivity index (χ2n) is 7.01. The Labute approximate surface area is 151 Å². The first-order valence-electron chi connectivity index (χ1n) is 9.05. The van der Waals surface area contributed by atoms with Crippen molar-refractivity contribution in [2.45, 2.75) is 32.0 Å². The highest BCUT2D eigenvalue weighted by Crippen LogP contribution is 2.37. The summed E-state index contributed by atoms with van der Waals surface area (Å²) in [5, 5.41) is 10.5. The number of nitrogens with zero attached hydrogens (tertiary/aromatic N) is 2. The van der Waals surface area contributed by atoms with E-state index in [0.717, 1.165) is 25.2 Å². The molecule has 0 spiro atoms. The average molecular weight is 336 g/mol. The van der Waals surface area contributed by atoms with Gasteiger partial charge in [0, 0.05) is 37.3 Å². The minimum atomic E-state index is 0.0609. The third-order valence-electron chi connectivity index (χ3n) is 5.21. The quantitative estimate of drug-likeness (QED) is 0.834. The van der Waals surface area contributed by atoms with Gasteiger partial charge in [-0.05, 0) is 25.5 Å². The molecule has 0 aromatic heterocycles. The van der Waals surface area contributed by atoms with Crippen molar-refractivity contribution in [3.63, 3.8) is 0 Å². The monoisotopic (exact) mass is 336 g/mol. The lowest BCUT2D eigenvalue weighted by molar-refractivity contribution is 0.0301. The van der Waals surface area contributed by atoms with Crippen molar-refractivity contribution >= 4 is 0 Å². The summed E-state index contributed by atoms with van der Waals surface area (Å²) in [5.74, 6) is 0.365. The highest BCUT2D eigenvalue weighted by atomic mass is 16.3. The lowest BCUT2D eigenvalue weighted by atomic mass is 9.93. The van der Waals surface area contributed by atoms with Crippen LogP contribution in [0.3, 0.4) is 0 Å². The van der Waals surface area contributed by atoms with E-state index in [1.165, 1.54) is 5.56 Å². The van der Waals surface area contributed by atoms with Gasteiger partial charge in [0.25, 0.3) is 0 Å². The lowest BCUT2D eigenvalue weighted by Gasteiger charge is -2.47.